The molecule has 2 N–H and O–H groups in total. The maximum absolute atomic E-state index is 12.4. The molecule has 1 aliphatic rings. The third-order valence-corrected chi connectivity index (χ3v) is 5.40. The molecule has 1 aromatic heterocycles. The van der Waals surface area contributed by atoms with E-state index in [1.807, 2.05) is 62.4 Å². The molecule has 0 amide bonds. The molecule has 2 aromatic rings. The number of rotatable bonds is 10. The highest BCUT2D eigenvalue weighted by Crippen LogP contribution is 2.23. The Morgan fingerprint density at radius 2 is 2.00 bits per heavy atom. The third-order valence-electron chi connectivity index (χ3n) is 5.40. The number of nitrogens with one attached hydrogen (secondary N) is 2. The van der Waals surface area contributed by atoms with E-state index in [0.717, 1.165) is 29.1 Å². The van der Waals surface area contributed by atoms with Gasteiger partial charge < -0.3 is 19.9 Å². The minimum atomic E-state index is -0.202. The van der Waals surface area contributed by atoms with Crippen LogP contribution in [-0.2, 0) is 11.3 Å². The third kappa shape index (κ3) is 6.68. The summed E-state index contributed by atoms with van der Waals surface area (Å²) in [7, 11) is 3.46. The van der Waals surface area contributed by atoms with Gasteiger partial charge in [0.2, 0.25) is 5.43 Å². The fourth-order valence-electron chi connectivity index (χ4n) is 3.32. The second-order valence-electron chi connectivity index (χ2n) is 7.79. The Balaban J connectivity index is 1.75. The van der Waals surface area contributed by atoms with Crippen LogP contribution in [0.1, 0.15) is 25.1 Å². The molecule has 0 bridgehead atoms. The van der Waals surface area contributed by atoms with Crippen LogP contribution in [0.25, 0.3) is 11.3 Å². The minimum Gasteiger partial charge on any atom is -0.497 e. The Labute approximate surface area is 205 Å². The number of hydrogen-bond acceptors (Lipinski definition) is 7. The molecule has 1 aromatic carbocycles. The lowest BCUT2D eigenvalue weighted by Gasteiger charge is -2.18. The number of nitrogens with zero attached hydrogens (tertiary/aromatic N) is 3. The molecule has 0 fully saturated rings. The molecular weight excluding hydrogens is 442 g/mol. The maximum Gasteiger partial charge on any atom is 0.206 e. The van der Waals surface area contributed by atoms with E-state index in [0.29, 0.717) is 17.0 Å². The van der Waals surface area contributed by atoms with Crippen LogP contribution < -0.4 is 15.6 Å². The Morgan fingerprint density at radius 3 is 2.66 bits per heavy atom. The van der Waals surface area contributed by atoms with Gasteiger partial charge in [-0.05, 0) is 61.4 Å². The first kappa shape index (κ1) is 25.5. The maximum atomic E-state index is 12.4. The van der Waals surface area contributed by atoms with Crippen molar-refractivity contribution in [3.63, 3.8) is 0 Å². The summed E-state index contributed by atoms with van der Waals surface area (Å²) < 4.78 is 12.7. The number of hydrogen-bond donors (Lipinski definition) is 2. The average Bonchev–Trinajstić information content (AvgIpc) is 2.88. The van der Waals surface area contributed by atoms with Gasteiger partial charge in [0, 0.05) is 37.6 Å². The summed E-state index contributed by atoms with van der Waals surface area (Å²) in [5.74, 6) is 1.30. The van der Waals surface area contributed by atoms with Gasteiger partial charge in [0.15, 0.2) is 0 Å². The van der Waals surface area contributed by atoms with Gasteiger partial charge in [-0.1, -0.05) is 18.7 Å². The normalized spacial score (nSPS) is 14.6. The topological polar surface area (TPSA) is 92.5 Å². The highest BCUT2D eigenvalue weighted by molar-refractivity contribution is 6.11. The Morgan fingerprint density at radius 1 is 1.26 bits per heavy atom. The minimum absolute atomic E-state index is 0.00663. The van der Waals surface area contributed by atoms with Crippen LogP contribution in [0.3, 0.4) is 0 Å². The first-order valence-corrected chi connectivity index (χ1v) is 11.2. The van der Waals surface area contributed by atoms with Crippen LogP contribution in [0.15, 0.2) is 89.7 Å². The zero-order chi connectivity index (χ0) is 25.4. The predicted octanol–water partition coefficient (Wildman–Crippen LogP) is 4.16. The first-order chi connectivity index (χ1) is 16.8. The van der Waals surface area contributed by atoms with E-state index in [1.165, 1.54) is 6.07 Å². The lowest BCUT2D eigenvalue weighted by Crippen LogP contribution is -2.30. The first-order valence-electron chi connectivity index (χ1n) is 11.2. The number of allylic oxidation sites excluding steroid dienone is 7. The van der Waals surface area contributed by atoms with Crippen molar-refractivity contribution in [1.29, 1.82) is 5.41 Å². The molecule has 0 saturated heterocycles. The second-order valence-corrected chi connectivity index (χ2v) is 7.79. The quantitative estimate of drug-likeness (QED) is 0.504. The monoisotopic (exact) mass is 473 g/mol. The Kier molecular flexibility index (Phi) is 8.58. The van der Waals surface area contributed by atoms with Crippen LogP contribution in [-0.4, -0.2) is 41.2 Å². The largest absolute Gasteiger partial charge is 0.497 e. The molecular formula is C27H31N5O3. The van der Waals surface area contributed by atoms with E-state index >= 15 is 0 Å². The summed E-state index contributed by atoms with van der Waals surface area (Å²) in [4.78, 5) is 12.4. The molecule has 8 nitrogen and oxygen atoms in total. The fourth-order valence-corrected chi connectivity index (χ4v) is 3.32. The van der Waals surface area contributed by atoms with Crippen molar-refractivity contribution in [3.8, 4) is 5.75 Å². The van der Waals surface area contributed by atoms with E-state index in [-0.39, 0.29) is 17.7 Å². The molecule has 1 heterocycles. The lowest BCUT2D eigenvalue weighted by atomic mass is 9.99. The van der Waals surface area contributed by atoms with Crippen molar-refractivity contribution in [2.45, 2.75) is 20.5 Å². The van der Waals surface area contributed by atoms with E-state index < -0.39 is 0 Å². The van der Waals surface area contributed by atoms with Crippen LogP contribution in [0.2, 0.25) is 0 Å². The SMILES string of the molecule is C=C(/C=C1/C=C(OCc2nn(/C(C)=C/N(CC)NC)ccc2=O)C=CC1=N)c1ccc(OC)cc1. The second kappa shape index (κ2) is 11.8. The molecule has 0 saturated carbocycles. The van der Waals surface area contributed by atoms with Gasteiger partial charge in [0.25, 0.3) is 0 Å². The number of hydrazine groups is 1. The molecule has 0 radical (unpaired) electrons. The van der Waals surface area contributed by atoms with Crippen molar-refractivity contribution in [2.75, 3.05) is 20.7 Å². The van der Waals surface area contributed by atoms with E-state index in [4.69, 9.17) is 14.9 Å². The van der Waals surface area contributed by atoms with Gasteiger partial charge in [-0.25, -0.2) is 10.1 Å². The van der Waals surface area contributed by atoms with Gasteiger partial charge in [0.05, 0.1) is 18.5 Å². The summed E-state index contributed by atoms with van der Waals surface area (Å²) in [5.41, 5.74) is 6.68. The molecule has 1 aliphatic carbocycles. The Bertz CT molecular complexity index is 1260. The van der Waals surface area contributed by atoms with Crippen molar-refractivity contribution < 1.29 is 9.47 Å². The summed E-state index contributed by atoms with van der Waals surface area (Å²) in [6, 6.07) is 9.04. The molecule has 0 atom stereocenters. The van der Waals surface area contributed by atoms with Gasteiger partial charge >= 0.3 is 0 Å². The van der Waals surface area contributed by atoms with Crippen LogP contribution in [0.5, 0.6) is 5.75 Å². The summed E-state index contributed by atoms with van der Waals surface area (Å²) in [6.07, 6.45) is 10.5. The predicted molar refractivity (Wildman–Crippen MR) is 140 cm³/mol. The van der Waals surface area contributed by atoms with E-state index in [9.17, 15) is 4.79 Å². The smallest absolute Gasteiger partial charge is 0.206 e. The summed E-state index contributed by atoms with van der Waals surface area (Å²) >= 11 is 0. The number of benzene rings is 1. The number of aromatic nitrogens is 2. The van der Waals surface area contributed by atoms with Gasteiger partial charge in [-0.2, -0.15) is 5.10 Å². The van der Waals surface area contributed by atoms with Crippen LogP contribution >= 0.6 is 0 Å². The van der Waals surface area contributed by atoms with Crippen molar-refractivity contribution in [2.24, 2.45) is 0 Å². The van der Waals surface area contributed by atoms with Crippen molar-refractivity contribution in [3.05, 3.63) is 106 Å². The van der Waals surface area contributed by atoms with Crippen molar-refractivity contribution >= 4 is 17.0 Å². The number of ether oxygens (including phenoxy) is 2. The average molecular weight is 474 g/mol. The zero-order valence-corrected chi connectivity index (χ0v) is 20.5. The molecule has 182 valence electrons. The molecule has 8 heteroatoms. The highest BCUT2D eigenvalue weighted by Gasteiger charge is 2.11. The standard InChI is InChI=1S/C27H31N5O3/c1-6-31(29-4)17-20(3)32-14-13-27(33)26(30-32)18-35-24-11-12-25(28)22(16-24)15-19(2)21-7-9-23(34-5)10-8-21/h7-17,28-29H,2,6,18H2,1,3-5H3/b20-17+,22-15-,28-25?. The molecule has 3 rings (SSSR count). The zero-order valence-electron chi connectivity index (χ0n) is 20.5. The highest BCUT2D eigenvalue weighted by atomic mass is 16.5. The molecule has 0 unspecified atom stereocenters. The lowest BCUT2D eigenvalue weighted by molar-refractivity contribution is 0.204. The van der Waals surface area contributed by atoms with Gasteiger partial charge in [0.1, 0.15) is 23.8 Å². The van der Waals surface area contributed by atoms with Gasteiger partial charge in [-0.3, -0.25) is 4.79 Å². The number of methoxy groups -OCH3 is 1. The van der Waals surface area contributed by atoms with Crippen LogP contribution in [0, 0.1) is 5.41 Å². The molecule has 0 spiro atoms. The van der Waals surface area contributed by atoms with E-state index in [1.54, 1.807) is 36.2 Å². The Hall–Kier alpha value is -4.17. The van der Waals surface area contributed by atoms with Crippen LogP contribution in [0.4, 0.5) is 0 Å². The summed E-state index contributed by atoms with van der Waals surface area (Å²) in [6.45, 7) is 8.84. The molecule has 35 heavy (non-hydrogen) atoms. The van der Waals surface area contributed by atoms with Crippen molar-refractivity contribution in [1.82, 2.24) is 20.2 Å². The van der Waals surface area contributed by atoms with E-state index in [2.05, 4.69) is 17.1 Å². The fraction of sp³-hybridized carbons (Fsp3) is 0.222. The van der Waals surface area contributed by atoms with Gasteiger partial charge in [-0.15, -0.1) is 0 Å². The summed E-state index contributed by atoms with van der Waals surface area (Å²) in [5, 5.41) is 14.6. The molecule has 0 aliphatic heterocycles.